The number of carboxylic acids is 1. The number of aromatic hydroxyl groups is 1. The number of benzene rings is 1. The number of nitrogens with two attached hydrogens (primary N) is 2. The van der Waals surface area contributed by atoms with E-state index in [2.05, 4.69) is 0 Å². The van der Waals surface area contributed by atoms with Crippen LogP contribution < -0.4 is 11.5 Å². The van der Waals surface area contributed by atoms with E-state index in [1.807, 2.05) is 0 Å². The van der Waals surface area contributed by atoms with Crippen molar-refractivity contribution in [3.8, 4) is 5.75 Å². The van der Waals surface area contributed by atoms with Crippen LogP contribution in [0.2, 0.25) is 0 Å². The Labute approximate surface area is 105 Å². The minimum atomic E-state index is -1.02. The number of rotatable bonds is 3. The van der Waals surface area contributed by atoms with E-state index in [-0.39, 0.29) is 54.8 Å². The molecule has 7 heteroatoms. The third kappa shape index (κ3) is 4.14. The largest absolute Gasteiger partial charge is 0.505 e. The summed E-state index contributed by atoms with van der Waals surface area (Å²) in [7, 11) is 0. The molecule has 6 N–H and O–H groups in total. The number of aliphatic carboxylic acids is 1. The van der Waals surface area contributed by atoms with E-state index < -0.39 is 5.97 Å². The van der Waals surface area contributed by atoms with Crippen LogP contribution >= 0.6 is 24.8 Å². The van der Waals surface area contributed by atoms with Crippen molar-refractivity contribution in [1.82, 2.24) is 0 Å². The highest BCUT2D eigenvalue weighted by Crippen LogP contribution is 2.27. The van der Waals surface area contributed by atoms with Gasteiger partial charge in [0.25, 0.3) is 0 Å². The molecular weight excluding hydrogens is 255 g/mol. The molecule has 1 rings (SSSR count). The molecule has 0 saturated carbocycles. The van der Waals surface area contributed by atoms with Crippen molar-refractivity contribution in [3.63, 3.8) is 0 Å². The predicted octanol–water partition coefficient (Wildman–Crippen LogP) is 0.904. The van der Waals surface area contributed by atoms with Crippen molar-refractivity contribution < 1.29 is 15.0 Å². The van der Waals surface area contributed by atoms with Crippen LogP contribution in [0.3, 0.4) is 0 Å². The van der Waals surface area contributed by atoms with Crippen molar-refractivity contribution in [3.05, 3.63) is 23.3 Å². The second-order valence-electron chi connectivity index (χ2n) is 2.97. The van der Waals surface area contributed by atoms with Gasteiger partial charge in [-0.1, -0.05) is 6.07 Å². The lowest BCUT2D eigenvalue weighted by molar-refractivity contribution is -0.136. The Bertz CT molecular complexity index is 372. The Hall–Kier alpha value is -1.17. The van der Waals surface area contributed by atoms with Gasteiger partial charge in [-0.3, -0.25) is 4.79 Å². The van der Waals surface area contributed by atoms with Crippen LogP contribution in [-0.2, 0) is 17.8 Å². The number of hydrogen-bond acceptors (Lipinski definition) is 4. The molecule has 0 bridgehead atoms. The summed E-state index contributed by atoms with van der Waals surface area (Å²) in [5.74, 6) is -1.20. The molecule has 1 aromatic rings. The maximum absolute atomic E-state index is 10.4. The summed E-state index contributed by atoms with van der Waals surface area (Å²) in [5.41, 5.74) is 12.0. The zero-order chi connectivity index (χ0) is 10.7. The molecule has 0 spiro atoms. The topological polar surface area (TPSA) is 110 Å². The number of phenols is 1. The third-order valence-electron chi connectivity index (χ3n) is 1.86. The van der Waals surface area contributed by atoms with Gasteiger partial charge < -0.3 is 21.7 Å². The molecule has 0 heterocycles. The number of phenolic OH excluding ortho intramolecular Hbond substituents is 1. The van der Waals surface area contributed by atoms with E-state index in [1.165, 1.54) is 6.07 Å². The molecule has 0 radical (unpaired) electrons. The number of hydrogen-bond donors (Lipinski definition) is 4. The number of carbonyl (C=O) groups is 1. The Kier molecular flexibility index (Phi) is 7.71. The lowest BCUT2D eigenvalue weighted by Gasteiger charge is -2.07. The van der Waals surface area contributed by atoms with Gasteiger partial charge in [-0.15, -0.1) is 24.8 Å². The fourth-order valence-electron chi connectivity index (χ4n) is 1.20. The minimum absolute atomic E-state index is 0. The Balaban J connectivity index is 0. The summed E-state index contributed by atoms with van der Waals surface area (Å²) in [6.07, 6.45) is -0.260. The van der Waals surface area contributed by atoms with E-state index in [0.717, 1.165) is 0 Å². The summed E-state index contributed by atoms with van der Waals surface area (Å²) in [6.45, 7) is 0.261. The smallest absolute Gasteiger partial charge is 0.307 e. The summed E-state index contributed by atoms with van der Waals surface area (Å²) >= 11 is 0. The van der Waals surface area contributed by atoms with Crippen LogP contribution in [0.5, 0.6) is 5.75 Å². The van der Waals surface area contributed by atoms with Gasteiger partial charge in [0.15, 0.2) is 0 Å². The van der Waals surface area contributed by atoms with Gasteiger partial charge in [0.2, 0.25) is 0 Å². The molecule has 92 valence electrons. The van der Waals surface area contributed by atoms with E-state index in [0.29, 0.717) is 5.56 Å². The number of carboxylic acid groups (broad SMARTS) is 1. The highest BCUT2D eigenvalue weighted by Gasteiger charge is 2.10. The first kappa shape index (κ1) is 17.2. The quantitative estimate of drug-likeness (QED) is 0.481. The maximum Gasteiger partial charge on any atom is 0.307 e. The van der Waals surface area contributed by atoms with Gasteiger partial charge in [0, 0.05) is 12.1 Å². The second-order valence-corrected chi connectivity index (χ2v) is 2.97. The molecule has 0 atom stereocenters. The number of anilines is 1. The van der Waals surface area contributed by atoms with Crippen LogP contribution in [0.15, 0.2) is 12.1 Å². The van der Waals surface area contributed by atoms with Gasteiger partial charge in [-0.05, 0) is 11.6 Å². The van der Waals surface area contributed by atoms with Crippen LogP contribution in [-0.4, -0.2) is 16.2 Å². The SMILES string of the molecule is Cl.Cl.NCc1cc(N)c(O)c(CC(=O)O)c1. The highest BCUT2D eigenvalue weighted by atomic mass is 35.5. The van der Waals surface area contributed by atoms with Crippen molar-refractivity contribution in [1.29, 1.82) is 0 Å². The lowest BCUT2D eigenvalue weighted by atomic mass is 10.1. The molecule has 1 aromatic carbocycles. The Morgan fingerprint density at radius 2 is 1.88 bits per heavy atom. The summed E-state index contributed by atoms with van der Waals surface area (Å²) in [4.78, 5) is 10.4. The summed E-state index contributed by atoms with van der Waals surface area (Å²) in [6, 6.07) is 3.07. The monoisotopic (exact) mass is 268 g/mol. The van der Waals surface area contributed by atoms with Crippen molar-refractivity contribution in [2.24, 2.45) is 5.73 Å². The first-order valence-corrected chi connectivity index (χ1v) is 4.06. The average Bonchev–Trinajstić information content (AvgIpc) is 2.11. The lowest BCUT2D eigenvalue weighted by Crippen LogP contribution is -2.04. The minimum Gasteiger partial charge on any atom is -0.505 e. The number of nitrogen functional groups attached to an aromatic ring is 1. The molecule has 0 unspecified atom stereocenters. The molecular formula is C9H14Cl2N2O3. The predicted molar refractivity (Wildman–Crippen MR) is 66.2 cm³/mol. The molecule has 16 heavy (non-hydrogen) atoms. The zero-order valence-corrected chi connectivity index (χ0v) is 9.98. The third-order valence-corrected chi connectivity index (χ3v) is 1.86. The van der Waals surface area contributed by atoms with E-state index in [9.17, 15) is 9.90 Å². The van der Waals surface area contributed by atoms with E-state index in [4.69, 9.17) is 16.6 Å². The summed E-state index contributed by atoms with van der Waals surface area (Å²) < 4.78 is 0. The van der Waals surface area contributed by atoms with Crippen LogP contribution in [0.25, 0.3) is 0 Å². The van der Waals surface area contributed by atoms with Crippen molar-refractivity contribution >= 4 is 36.5 Å². The molecule has 0 aromatic heterocycles. The average molecular weight is 269 g/mol. The molecule has 0 aliphatic heterocycles. The standard InChI is InChI=1S/C9H12N2O3.2ClH/c10-4-5-1-6(3-8(12)13)9(14)7(11)2-5;;/h1-2,14H,3-4,10-11H2,(H,12,13);2*1H. The van der Waals surface area contributed by atoms with Gasteiger partial charge in [0.1, 0.15) is 5.75 Å². The van der Waals surface area contributed by atoms with Crippen molar-refractivity contribution in [2.45, 2.75) is 13.0 Å². The first-order valence-electron chi connectivity index (χ1n) is 4.06. The molecule has 0 aliphatic carbocycles. The Morgan fingerprint density at radius 3 is 2.31 bits per heavy atom. The normalized spacial score (nSPS) is 8.81. The second kappa shape index (κ2) is 7.16. The fraction of sp³-hybridized carbons (Fsp3) is 0.222. The molecule has 0 fully saturated rings. The van der Waals surface area contributed by atoms with E-state index >= 15 is 0 Å². The van der Waals surface area contributed by atoms with Gasteiger partial charge in [-0.2, -0.15) is 0 Å². The molecule has 0 amide bonds. The highest BCUT2D eigenvalue weighted by molar-refractivity contribution is 5.85. The molecule has 0 saturated heterocycles. The van der Waals surface area contributed by atoms with E-state index in [1.54, 1.807) is 6.07 Å². The zero-order valence-electron chi connectivity index (χ0n) is 8.34. The fourth-order valence-corrected chi connectivity index (χ4v) is 1.20. The number of halogens is 2. The maximum atomic E-state index is 10.4. The van der Waals surface area contributed by atoms with Gasteiger partial charge >= 0.3 is 5.97 Å². The van der Waals surface area contributed by atoms with Gasteiger partial charge in [-0.25, -0.2) is 0 Å². The van der Waals surface area contributed by atoms with Crippen LogP contribution in [0, 0.1) is 0 Å². The Morgan fingerprint density at radius 1 is 1.31 bits per heavy atom. The van der Waals surface area contributed by atoms with Gasteiger partial charge in [0.05, 0.1) is 12.1 Å². The summed E-state index contributed by atoms with van der Waals surface area (Å²) in [5, 5.41) is 18.0. The van der Waals surface area contributed by atoms with Crippen LogP contribution in [0.4, 0.5) is 5.69 Å². The molecule has 5 nitrogen and oxygen atoms in total. The first-order chi connectivity index (χ1) is 6.54. The van der Waals surface area contributed by atoms with Crippen LogP contribution in [0.1, 0.15) is 11.1 Å². The van der Waals surface area contributed by atoms with Crippen molar-refractivity contribution in [2.75, 3.05) is 5.73 Å². The molecule has 0 aliphatic rings.